The van der Waals surface area contributed by atoms with Crippen molar-refractivity contribution in [1.29, 1.82) is 0 Å². The minimum Gasteiger partial charge on any atom is -0.394 e. The molecule has 3 rings (SSSR count). The standard InChI is InChI=1S/C18H26F2N4O4/c1-23-4-6-24(7-5-23)16-14(28-15(10-25)17(16)26)9-21-18(27)22-13-3-2-11(19)8-12(13)20/h2-3,8,14-17,25-26H,4-7,9-10H2,1H3,(H2,21,22,27). The van der Waals surface area contributed by atoms with E-state index < -0.39 is 36.0 Å². The number of piperazine rings is 1. The monoisotopic (exact) mass is 400 g/mol. The number of hydrogen-bond acceptors (Lipinski definition) is 6. The summed E-state index contributed by atoms with van der Waals surface area (Å²) < 4.78 is 32.3. The van der Waals surface area contributed by atoms with Crippen LogP contribution in [0.25, 0.3) is 0 Å². The molecule has 0 aromatic heterocycles. The third-order valence-corrected chi connectivity index (χ3v) is 5.24. The van der Waals surface area contributed by atoms with Gasteiger partial charge in [0.25, 0.3) is 0 Å². The van der Waals surface area contributed by atoms with Crippen molar-refractivity contribution in [1.82, 2.24) is 15.1 Å². The zero-order valence-corrected chi connectivity index (χ0v) is 15.6. The summed E-state index contributed by atoms with van der Waals surface area (Å²) in [6.45, 7) is 2.91. The van der Waals surface area contributed by atoms with Crippen LogP contribution in [0.1, 0.15) is 0 Å². The summed E-state index contributed by atoms with van der Waals surface area (Å²) in [5.41, 5.74) is -0.143. The van der Waals surface area contributed by atoms with Crippen molar-refractivity contribution in [3.8, 4) is 0 Å². The van der Waals surface area contributed by atoms with E-state index in [-0.39, 0.29) is 24.9 Å². The summed E-state index contributed by atoms with van der Waals surface area (Å²) in [6, 6.07) is 1.82. The van der Waals surface area contributed by atoms with Gasteiger partial charge in [0.15, 0.2) is 0 Å². The van der Waals surface area contributed by atoms with E-state index >= 15 is 0 Å². The Morgan fingerprint density at radius 1 is 1.25 bits per heavy atom. The van der Waals surface area contributed by atoms with Gasteiger partial charge in [0, 0.05) is 38.8 Å². The van der Waals surface area contributed by atoms with Gasteiger partial charge < -0.3 is 30.5 Å². The van der Waals surface area contributed by atoms with Crippen LogP contribution in [0.15, 0.2) is 18.2 Å². The number of nitrogens with one attached hydrogen (secondary N) is 2. The quantitative estimate of drug-likeness (QED) is 0.548. The molecule has 10 heteroatoms. The van der Waals surface area contributed by atoms with Crippen molar-refractivity contribution in [3.63, 3.8) is 0 Å². The number of hydrogen-bond donors (Lipinski definition) is 4. The van der Waals surface area contributed by atoms with Crippen molar-refractivity contribution in [2.45, 2.75) is 24.4 Å². The fraction of sp³-hybridized carbons (Fsp3) is 0.611. The fourth-order valence-electron chi connectivity index (χ4n) is 3.67. The van der Waals surface area contributed by atoms with Crippen molar-refractivity contribution >= 4 is 11.7 Å². The third kappa shape index (κ3) is 4.76. The van der Waals surface area contributed by atoms with E-state index in [0.717, 1.165) is 38.3 Å². The molecular formula is C18H26F2N4O4. The minimum absolute atomic E-state index is 0.0687. The van der Waals surface area contributed by atoms with Gasteiger partial charge in [-0.25, -0.2) is 13.6 Å². The molecule has 4 N–H and O–H groups in total. The molecule has 2 aliphatic rings. The van der Waals surface area contributed by atoms with Crippen molar-refractivity contribution in [3.05, 3.63) is 29.8 Å². The molecule has 8 nitrogen and oxygen atoms in total. The van der Waals surface area contributed by atoms with Gasteiger partial charge in [-0.3, -0.25) is 4.90 Å². The number of amides is 2. The SMILES string of the molecule is CN1CCN(C2C(CNC(=O)Nc3ccc(F)cc3F)OC(CO)C2O)CC1. The number of urea groups is 1. The van der Waals surface area contributed by atoms with Gasteiger partial charge in [-0.05, 0) is 19.2 Å². The van der Waals surface area contributed by atoms with E-state index in [1.54, 1.807) is 0 Å². The molecule has 4 unspecified atom stereocenters. The van der Waals surface area contributed by atoms with E-state index in [9.17, 15) is 23.8 Å². The Labute approximate surface area is 162 Å². The van der Waals surface area contributed by atoms with Gasteiger partial charge in [-0.2, -0.15) is 0 Å². The number of aliphatic hydroxyl groups excluding tert-OH is 2. The second-order valence-corrected chi connectivity index (χ2v) is 7.18. The lowest BCUT2D eigenvalue weighted by Gasteiger charge is -2.39. The fourth-order valence-corrected chi connectivity index (χ4v) is 3.67. The molecule has 0 saturated carbocycles. The summed E-state index contributed by atoms with van der Waals surface area (Å²) in [6.07, 6.45) is -2.13. The Morgan fingerprint density at radius 3 is 2.61 bits per heavy atom. The number of likely N-dealkylation sites (N-methyl/N-ethyl adjacent to an activating group) is 1. The molecule has 0 spiro atoms. The highest BCUT2D eigenvalue weighted by atomic mass is 19.1. The molecule has 2 fully saturated rings. The smallest absolute Gasteiger partial charge is 0.319 e. The molecule has 2 amide bonds. The Balaban J connectivity index is 1.59. The first-order valence-corrected chi connectivity index (χ1v) is 9.26. The maximum absolute atomic E-state index is 13.7. The lowest BCUT2D eigenvalue weighted by atomic mass is 10.0. The maximum Gasteiger partial charge on any atom is 0.319 e. The van der Waals surface area contributed by atoms with Crippen LogP contribution in [-0.4, -0.2) is 96.8 Å². The Bertz CT molecular complexity index is 688. The van der Waals surface area contributed by atoms with Gasteiger partial charge >= 0.3 is 6.03 Å². The highest BCUT2D eigenvalue weighted by molar-refractivity contribution is 5.89. The molecule has 0 bridgehead atoms. The number of carbonyl (C=O) groups is 1. The second kappa shape index (κ2) is 9.10. The van der Waals surface area contributed by atoms with Crippen LogP contribution in [0, 0.1) is 11.6 Å². The number of anilines is 1. The predicted octanol–water partition coefficient (Wildman–Crippen LogP) is -0.177. The summed E-state index contributed by atoms with van der Waals surface area (Å²) in [5.74, 6) is -1.61. The molecule has 2 aliphatic heterocycles. The largest absolute Gasteiger partial charge is 0.394 e. The predicted molar refractivity (Wildman–Crippen MR) is 98.0 cm³/mol. The van der Waals surface area contributed by atoms with Crippen LogP contribution < -0.4 is 10.6 Å². The average Bonchev–Trinajstić information content (AvgIpc) is 2.99. The average molecular weight is 400 g/mol. The van der Waals surface area contributed by atoms with E-state index in [1.165, 1.54) is 0 Å². The second-order valence-electron chi connectivity index (χ2n) is 7.18. The van der Waals surface area contributed by atoms with Gasteiger partial charge in [0.2, 0.25) is 0 Å². The summed E-state index contributed by atoms with van der Waals surface area (Å²) in [7, 11) is 2.02. The Hall–Kier alpha value is -1.85. The van der Waals surface area contributed by atoms with Gasteiger partial charge in [-0.1, -0.05) is 0 Å². The Morgan fingerprint density at radius 2 is 1.96 bits per heavy atom. The molecule has 2 saturated heterocycles. The minimum atomic E-state index is -0.877. The van der Waals surface area contributed by atoms with Crippen LogP contribution >= 0.6 is 0 Å². The number of rotatable bonds is 5. The lowest BCUT2D eigenvalue weighted by molar-refractivity contribution is -0.0205. The first kappa shape index (κ1) is 20.9. The van der Waals surface area contributed by atoms with Crippen molar-refractivity contribution in [2.24, 2.45) is 0 Å². The van der Waals surface area contributed by atoms with Gasteiger partial charge in [0.1, 0.15) is 23.8 Å². The number of aliphatic hydroxyl groups is 2. The van der Waals surface area contributed by atoms with Crippen LogP contribution in [0.5, 0.6) is 0 Å². The van der Waals surface area contributed by atoms with E-state index in [4.69, 9.17) is 4.74 Å². The first-order valence-electron chi connectivity index (χ1n) is 9.26. The molecular weight excluding hydrogens is 374 g/mol. The van der Waals surface area contributed by atoms with Gasteiger partial charge in [-0.15, -0.1) is 0 Å². The zero-order chi connectivity index (χ0) is 20.3. The van der Waals surface area contributed by atoms with Crippen molar-refractivity contribution < 1.29 is 28.5 Å². The van der Waals surface area contributed by atoms with Crippen LogP contribution in [0.2, 0.25) is 0 Å². The number of nitrogens with zero attached hydrogens (tertiary/aromatic N) is 2. The molecule has 156 valence electrons. The topological polar surface area (TPSA) is 97.3 Å². The molecule has 0 aliphatic carbocycles. The molecule has 2 heterocycles. The molecule has 1 aromatic carbocycles. The first-order chi connectivity index (χ1) is 13.4. The number of halogens is 2. The van der Waals surface area contributed by atoms with Gasteiger partial charge in [0.05, 0.1) is 24.4 Å². The lowest BCUT2D eigenvalue weighted by Crippen LogP contribution is -2.57. The summed E-state index contributed by atoms with van der Waals surface area (Å²) >= 11 is 0. The van der Waals surface area contributed by atoms with E-state index in [1.807, 2.05) is 7.05 Å². The van der Waals surface area contributed by atoms with Crippen LogP contribution in [0.3, 0.4) is 0 Å². The highest BCUT2D eigenvalue weighted by Crippen LogP contribution is 2.26. The van der Waals surface area contributed by atoms with E-state index in [2.05, 4.69) is 20.4 Å². The van der Waals surface area contributed by atoms with Crippen LogP contribution in [0.4, 0.5) is 19.3 Å². The number of benzene rings is 1. The number of ether oxygens (including phenoxy) is 1. The molecule has 4 atom stereocenters. The van der Waals surface area contributed by atoms with Crippen molar-refractivity contribution in [2.75, 3.05) is 51.7 Å². The van der Waals surface area contributed by atoms with Crippen LogP contribution in [-0.2, 0) is 4.74 Å². The maximum atomic E-state index is 13.7. The molecule has 28 heavy (non-hydrogen) atoms. The highest BCUT2D eigenvalue weighted by Gasteiger charge is 2.46. The number of carbonyl (C=O) groups excluding carboxylic acids is 1. The summed E-state index contributed by atoms with van der Waals surface area (Å²) in [4.78, 5) is 16.4. The molecule has 1 aromatic rings. The Kier molecular flexibility index (Phi) is 6.78. The van der Waals surface area contributed by atoms with E-state index in [0.29, 0.717) is 6.07 Å². The normalized spacial score (nSPS) is 29.0. The third-order valence-electron chi connectivity index (χ3n) is 5.24. The summed E-state index contributed by atoms with van der Waals surface area (Å²) in [5, 5.41) is 24.9. The molecule has 0 radical (unpaired) electrons. The zero-order valence-electron chi connectivity index (χ0n) is 15.6.